The molecule has 2 aromatic rings. The average molecular weight is 381 g/mol. The molecule has 148 valence electrons. The first-order valence-corrected chi connectivity index (χ1v) is 9.86. The number of aromatic nitrogens is 2. The van der Waals surface area contributed by atoms with E-state index in [1.54, 1.807) is 4.90 Å². The Morgan fingerprint density at radius 2 is 2.00 bits per heavy atom. The van der Waals surface area contributed by atoms with Gasteiger partial charge in [0.25, 0.3) is 0 Å². The predicted molar refractivity (Wildman–Crippen MR) is 106 cm³/mol. The Bertz CT molecular complexity index is 876. The fraction of sp³-hybridized carbons (Fsp3) is 0.476. The van der Waals surface area contributed by atoms with E-state index in [4.69, 9.17) is 0 Å². The number of aryl methyl sites for hydroxylation is 1. The molecule has 0 aliphatic carbocycles. The second-order valence-electron chi connectivity index (χ2n) is 8.09. The zero-order valence-electron chi connectivity index (χ0n) is 16.6. The van der Waals surface area contributed by atoms with Crippen LogP contribution in [0.4, 0.5) is 0 Å². The summed E-state index contributed by atoms with van der Waals surface area (Å²) in [7, 11) is 1.92. The van der Waals surface area contributed by atoms with E-state index >= 15 is 0 Å². The van der Waals surface area contributed by atoms with E-state index < -0.39 is 6.04 Å². The summed E-state index contributed by atoms with van der Waals surface area (Å²) in [4.78, 5) is 26.9. The first kappa shape index (κ1) is 18.7. The lowest BCUT2D eigenvalue weighted by Crippen LogP contribution is -2.62. The highest BCUT2D eigenvalue weighted by molar-refractivity contribution is 5.97. The van der Waals surface area contributed by atoms with Crippen molar-refractivity contribution in [2.24, 2.45) is 13.0 Å². The molecular weight excluding hydrogens is 354 g/mol. The SMILES string of the molecule is CC(C)[C@@H]1NC(=O)[C@@H]2C[C@H](NCc3cn(C)nc3-c3ccccc3)CN2C1=O. The highest BCUT2D eigenvalue weighted by atomic mass is 16.2. The number of benzene rings is 1. The summed E-state index contributed by atoms with van der Waals surface area (Å²) in [6.07, 6.45) is 2.66. The molecule has 0 spiro atoms. The van der Waals surface area contributed by atoms with Gasteiger partial charge < -0.3 is 15.5 Å². The molecule has 2 N–H and O–H groups in total. The van der Waals surface area contributed by atoms with Gasteiger partial charge in [-0.15, -0.1) is 0 Å². The van der Waals surface area contributed by atoms with Gasteiger partial charge in [0.2, 0.25) is 11.8 Å². The topological polar surface area (TPSA) is 79.3 Å². The highest BCUT2D eigenvalue weighted by Gasteiger charge is 2.46. The van der Waals surface area contributed by atoms with Crippen LogP contribution in [0.3, 0.4) is 0 Å². The van der Waals surface area contributed by atoms with Crippen molar-refractivity contribution in [2.45, 2.75) is 44.9 Å². The Balaban J connectivity index is 1.45. The molecular formula is C21H27N5O2. The van der Waals surface area contributed by atoms with E-state index in [-0.39, 0.29) is 29.8 Å². The van der Waals surface area contributed by atoms with Gasteiger partial charge in [-0.25, -0.2) is 0 Å². The lowest BCUT2D eigenvalue weighted by Gasteiger charge is -2.36. The lowest BCUT2D eigenvalue weighted by molar-refractivity contribution is -0.148. The van der Waals surface area contributed by atoms with Gasteiger partial charge in [-0.1, -0.05) is 44.2 Å². The van der Waals surface area contributed by atoms with Crippen molar-refractivity contribution in [3.8, 4) is 11.3 Å². The summed E-state index contributed by atoms with van der Waals surface area (Å²) in [5.41, 5.74) is 3.15. The molecule has 0 radical (unpaired) electrons. The Labute approximate surface area is 165 Å². The van der Waals surface area contributed by atoms with Gasteiger partial charge in [-0.3, -0.25) is 14.3 Å². The minimum atomic E-state index is -0.412. The Hall–Kier alpha value is -2.67. The molecule has 28 heavy (non-hydrogen) atoms. The van der Waals surface area contributed by atoms with Crippen LogP contribution in [0.15, 0.2) is 36.5 Å². The highest BCUT2D eigenvalue weighted by Crippen LogP contribution is 2.26. The Kier molecular flexibility index (Phi) is 4.93. The number of carbonyl (C=O) groups excluding carboxylic acids is 2. The standard InChI is InChI=1S/C21H27N5O2/c1-13(2)18-21(28)26-12-16(9-17(26)20(27)23-18)22-10-15-11-25(3)24-19(15)14-7-5-4-6-8-14/h4-8,11,13,16-18,22H,9-10,12H2,1-3H3,(H,23,27)/t16-,17-,18-/m0/s1. The molecule has 2 saturated heterocycles. The average Bonchev–Trinajstić information content (AvgIpc) is 3.27. The normalized spacial score (nSPS) is 24.6. The van der Waals surface area contributed by atoms with Gasteiger partial charge in [0.05, 0.1) is 5.69 Å². The first-order chi connectivity index (χ1) is 13.4. The van der Waals surface area contributed by atoms with Crippen molar-refractivity contribution >= 4 is 11.8 Å². The van der Waals surface area contributed by atoms with Gasteiger partial charge in [-0.2, -0.15) is 5.10 Å². The number of hydrogen-bond acceptors (Lipinski definition) is 4. The molecule has 3 heterocycles. The van der Waals surface area contributed by atoms with Gasteiger partial charge in [0, 0.05) is 43.5 Å². The van der Waals surface area contributed by atoms with Crippen LogP contribution >= 0.6 is 0 Å². The second kappa shape index (κ2) is 7.39. The summed E-state index contributed by atoms with van der Waals surface area (Å²) >= 11 is 0. The van der Waals surface area contributed by atoms with Crippen LogP contribution in [-0.4, -0.2) is 51.2 Å². The van der Waals surface area contributed by atoms with Crippen LogP contribution in [0.2, 0.25) is 0 Å². The summed E-state index contributed by atoms with van der Waals surface area (Å²) in [6.45, 7) is 5.14. The monoisotopic (exact) mass is 381 g/mol. The van der Waals surface area contributed by atoms with Gasteiger partial charge >= 0.3 is 0 Å². The number of nitrogens with one attached hydrogen (secondary N) is 2. The third-order valence-corrected chi connectivity index (χ3v) is 5.65. The van der Waals surface area contributed by atoms with Crippen molar-refractivity contribution in [3.63, 3.8) is 0 Å². The molecule has 1 aromatic heterocycles. The Morgan fingerprint density at radius 3 is 2.71 bits per heavy atom. The zero-order chi connectivity index (χ0) is 19.8. The van der Waals surface area contributed by atoms with E-state index in [1.165, 1.54) is 0 Å². The molecule has 2 amide bonds. The number of piperazine rings is 1. The van der Waals surface area contributed by atoms with Crippen LogP contribution in [0, 0.1) is 5.92 Å². The molecule has 4 rings (SSSR count). The smallest absolute Gasteiger partial charge is 0.246 e. The van der Waals surface area contributed by atoms with Crippen LogP contribution in [-0.2, 0) is 23.2 Å². The molecule has 2 fully saturated rings. The molecule has 0 bridgehead atoms. The zero-order valence-corrected chi connectivity index (χ0v) is 16.6. The van der Waals surface area contributed by atoms with E-state index in [9.17, 15) is 9.59 Å². The number of amides is 2. The minimum Gasteiger partial charge on any atom is -0.342 e. The minimum absolute atomic E-state index is 0.0334. The largest absolute Gasteiger partial charge is 0.342 e. The molecule has 7 heteroatoms. The van der Waals surface area contributed by atoms with Crippen molar-refractivity contribution in [2.75, 3.05) is 6.54 Å². The van der Waals surface area contributed by atoms with E-state index in [2.05, 4.69) is 27.9 Å². The summed E-state index contributed by atoms with van der Waals surface area (Å²) < 4.78 is 1.82. The number of nitrogens with zero attached hydrogens (tertiary/aromatic N) is 3. The predicted octanol–water partition coefficient (Wildman–Crippen LogP) is 1.30. The summed E-state index contributed by atoms with van der Waals surface area (Å²) in [5.74, 6) is 0.0948. The number of hydrogen-bond donors (Lipinski definition) is 2. The first-order valence-electron chi connectivity index (χ1n) is 9.86. The van der Waals surface area contributed by atoms with Crippen LogP contribution < -0.4 is 10.6 Å². The van der Waals surface area contributed by atoms with E-state index in [1.807, 2.05) is 50.0 Å². The number of rotatable bonds is 5. The van der Waals surface area contributed by atoms with Crippen molar-refractivity contribution in [3.05, 3.63) is 42.1 Å². The summed E-state index contributed by atoms with van der Waals surface area (Å²) in [5, 5.41) is 11.0. The quantitative estimate of drug-likeness (QED) is 0.818. The molecule has 1 aromatic carbocycles. The maximum atomic E-state index is 12.7. The van der Waals surface area contributed by atoms with Gasteiger partial charge in [0.15, 0.2) is 0 Å². The van der Waals surface area contributed by atoms with Gasteiger partial charge in [-0.05, 0) is 12.3 Å². The van der Waals surface area contributed by atoms with Crippen LogP contribution in [0.5, 0.6) is 0 Å². The Morgan fingerprint density at radius 1 is 1.25 bits per heavy atom. The molecule has 3 atom stereocenters. The van der Waals surface area contributed by atoms with Crippen molar-refractivity contribution < 1.29 is 9.59 Å². The molecule has 0 saturated carbocycles. The van der Waals surface area contributed by atoms with Crippen LogP contribution in [0.1, 0.15) is 25.8 Å². The maximum absolute atomic E-state index is 12.7. The fourth-order valence-corrected chi connectivity index (χ4v) is 4.18. The van der Waals surface area contributed by atoms with Crippen molar-refractivity contribution in [1.82, 2.24) is 25.3 Å². The van der Waals surface area contributed by atoms with Gasteiger partial charge in [0.1, 0.15) is 12.1 Å². The molecule has 0 unspecified atom stereocenters. The summed E-state index contributed by atoms with van der Waals surface area (Å²) in [6, 6.07) is 9.43. The number of carbonyl (C=O) groups is 2. The fourth-order valence-electron chi connectivity index (χ4n) is 4.18. The van der Waals surface area contributed by atoms with Crippen LogP contribution in [0.25, 0.3) is 11.3 Å². The van der Waals surface area contributed by atoms with E-state index in [0.717, 1.165) is 16.8 Å². The number of fused-ring (bicyclic) bond motifs is 1. The third kappa shape index (κ3) is 3.42. The van der Waals surface area contributed by atoms with E-state index in [0.29, 0.717) is 19.5 Å². The molecule has 2 aliphatic rings. The lowest BCUT2D eigenvalue weighted by atomic mass is 9.98. The maximum Gasteiger partial charge on any atom is 0.246 e. The third-order valence-electron chi connectivity index (χ3n) is 5.65. The molecule has 7 nitrogen and oxygen atoms in total. The second-order valence-corrected chi connectivity index (χ2v) is 8.09. The molecule has 2 aliphatic heterocycles. The van der Waals surface area contributed by atoms with Crippen molar-refractivity contribution in [1.29, 1.82) is 0 Å².